The lowest BCUT2D eigenvalue weighted by atomic mass is 10.1. The maximum atomic E-state index is 12.2. The van der Waals surface area contributed by atoms with Crippen LogP contribution in [0.3, 0.4) is 0 Å². The van der Waals surface area contributed by atoms with Crippen molar-refractivity contribution in [2.75, 3.05) is 20.2 Å². The van der Waals surface area contributed by atoms with Crippen LogP contribution >= 0.6 is 23.2 Å². The third-order valence-corrected chi connectivity index (χ3v) is 3.82. The minimum absolute atomic E-state index is 0.00259. The first-order chi connectivity index (χ1) is 10.6. The van der Waals surface area contributed by atoms with Crippen LogP contribution in [0.2, 0.25) is 10.0 Å². The number of halogens is 2. The van der Waals surface area contributed by atoms with Gasteiger partial charge in [0.1, 0.15) is 12.4 Å². The summed E-state index contributed by atoms with van der Waals surface area (Å²) in [4.78, 5) is 13.8. The molecule has 0 spiro atoms. The number of carbonyl (C=O) groups excluding carboxylic acids is 1. The van der Waals surface area contributed by atoms with Gasteiger partial charge in [-0.25, -0.2) is 0 Å². The van der Waals surface area contributed by atoms with Crippen LogP contribution in [0.15, 0.2) is 48.5 Å². The van der Waals surface area contributed by atoms with Gasteiger partial charge in [0.25, 0.3) is 0 Å². The van der Waals surface area contributed by atoms with Gasteiger partial charge >= 0.3 is 0 Å². The van der Waals surface area contributed by atoms with Crippen LogP contribution in [-0.2, 0) is 11.2 Å². The van der Waals surface area contributed by atoms with Crippen molar-refractivity contribution in [3.8, 4) is 5.75 Å². The summed E-state index contributed by atoms with van der Waals surface area (Å²) in [5.74, 6) is 0.697. The largest absolute Gasteiger partial charge is 0.492 e. The number of rotatable bonds is 6. The average molecular weight is 338 g/mol. The molecule has 0 bridgehead atoms. The smallest absolute Gasteiger partial charge is 0.226 e. The molecule has 2 rings (SSSR count). The van der Waals surface area contributed by atoms with E-state index in [1.165, 1.54) is 0 Å². The second-order valence-corrected chi connectivity index (χ2v) is 5.73. The number of ether oxygens (including phenoxy) is 1. The Morgan fingerprint density at radius 2 is 1.91 bits per heavy atom. The maximum absolute atomic E-state index is 12.2. The van der Waals surface area contributed by atoms with Crippen LogP contribution in [0.25, 0.3) is 0 Å². The van der Waals surface area contributed by atoms with Crippen molar-refractivity contribution >= 4 is 29.1 Å². The fraction of sp³-hybridized carbons (Fsp3) is 0.235. The molecule has 0 aliphatic carbocycles. The third kappa shape index (κ3) is 4.93. The van der Waals surface area contributed by atoms with E-state index in [2.05, 4.69) is 0 Å². The summed E-state index contributed by atoms with van der Waals surface area (Å²) < 4.78 is 5.58. The quantitative estimate of drug-likeness (QED) is 0.795. The first kappa shape index (κ1) is 16.7. The van der Waals surface area contributed by atoms with Crippen molar-refractivity contribution in [3.05, 3.63) is 64.1 Å². The summed E-state index contributed by atoms with van der Waals surface area (Å²) in [6, 6.07) is 14.5. The Morgan fingerprint density at radius 1 is 1.14 bits per heavy atom. The van der Waals surface area contributed by atoms with Crippen molar-refractivity contribution in [2.45, 2.75) is 6.42 Å². The summed E-state index contributed by atoms with van der Waals surface area (Å²) in [6.45, 7) is 0.904. The highest BCUT2D eigenvalue weighted by atomic mass is 35.5. The van der Waals surface area contributed by atoms with E-state index in [1.54, 1.807) is 30.1 Å². The molecule has 0 aliphatic rings. The van der Waals surface area contributed by atoms with Gasteiger partial charge in [-0.1, -0.05) is 47.5 Å². The molecule has 0 unspecified atom stereocenters. The Labute approximate surface area is 140 Å². The predicted octanol–water partition coefficient (Wildman–Crippen LogP) is 4.07. The minimum Gasteiger partial charge on any atom is -0.492 e. The first-order valence-corrected chi connectivity index (χ1v) is 7.67. The lowest BCUT2D eigenvalue weighted by Gasteiger charge is -2.18. The van der Waals surface area contributed by atoms with Crippen molar-refractivity contribution in [1.29, 1.82) is 0 Å². The second kappa shape index (κ2) is 8.06. The molecule has 2 aromatic carbocycles. The van der Waals surface area contributed by atoms with Crippen LogP contribution in [0.4, 0.5) is 0 Å². The molecular formula is C17H17Cl2NO2. The molecule has 1 amide bonds. The number of carbonyl (C=O) groups is 1. The van der Waals surface area contributed by atoms with Gasteiger partial charge in [-0.2, -0.15) is 0 Å². The molecule has 116 valence electrons. The highest BCUT2D eigenvalue weighted by Gasteiger charge is 2.11. The molecule has 2 aromatic rings. The predicted molar refractivity (Wildman–Crippen MR) is 89.7 cm³/mol. The van der Waals surface area contributed by atoms with E-state index in [0.717, 1.165) is 5.56 Å². The molecule has 0 saturated carbocycles. The first-order valence-electron chi connectivity index (χ1n) is 6.92. The van der Waals surface area contributed by atoms with Gasteiger partial charge < -0.3 is 9.64 Å². The van der Waals surface area contributed by atoms with Crippen molar-refractivity contribution in [3.63, 3.8) is 0 Å². The molecule has 5 heteroatoms. The van der Waals surface area contributed by atoms with E-state index < -0.39 is 0 Å². The molecule has 0 heterocycles. The molecule has 0 aliphatic heterocycles. The fourth-order valence-corrected chi connectivity index (χ4v) is 2.30. The highest BCUT2D eigenvalue weighted by molar-refractivity contribution is 6.31. The molecule has 3 nitrogen and oxygen atoms in total. The zero-order valence-electron chi connectivity index (χ0n) is 12.3. The van der Waals surface area contributed by atoms with Crippen molar-refractivity contribution < 1.29 is 9.53 Å². The zero-order valence-corrected chi connectivity index (χ0v) is 13.8. The summed E-state index contributed by atoms with van der Waals surface area (Å²) in [6.07, 6.45) is 0.285. The summed E-state index contributed by atoms with van der Waals surface area (Å²) in [7, 11) is 1.75. The SMILES string of the molecule is CN(CCOc1cccc(Cl)c1)C(=O)Cc1ccccc1Cl. The van der Waals surface area contributed by atoms with Crippen LogP contribution in [0.5, 0.6) is 5.75 Å². The van der Waals surface area contributed by atoms with Crippen molar-refractivity contribution in [2.24, 2.45) is 0 Å². The molecule has 0 atom stereocenters. The van der Waals surface area contributed by atoms with Crippen LogP contribution in [0.1, 0.15) is 5.56 Å². The molecular weight excluding hydrogens is 321 g/mol. The van der Waals surface area contributed by atoms with Gasteiger partial charge in [-0.3, -0.25) is 4.79 Å². The summed E-state index contributed by atoms with van der Waals surface area (Å²) in [5, 5.41) is 1.24. The molecule has 0 fully saturated rings. The van der Waals surface area contributed by atoms with E-state index in [9.17, 15) is 4.79 Å². The summed E-state index contributed by atoms with van der Waals surface area (Å²) in [5.41, 5.74) is 0.830. The number of likely N-dealkylation sites (N-methyl/N-ethyl adjacent to an activating group) is 1. The molecule has 0 saturated heterocycles. The lowest BCUT2D eigenvalue weighted by molar-refractivity contribution is -0.129. The Balaban J connectivity index is 1.80. The van der Waals surface area contributed by atoms with Gasteiger partial charge in [-0.15, -0.1) is 0 Å². The van der Waals surface area contributed by atoms with Crippen molar-refractivity contribution in [1.82, 2.24) is 4.90 Å². The number of hydrogen-bond acceptors (Lipinski definition) is 2. The van der Waals surface area contributed by atoms with Gasteiger partial charge in [0.15, 0.2) is 0 Å². The monoisotopic (exact) mass is 337 g/mol. The minimum atomic E-state index is 0.00259. The van der Waals surface area contributed by atoms with E-state index in [0.29, 0.717) is 28.9 Å². The number of amides is 1. The Morgan fingerprint density at radius 3 is 2.64 bits per heavy atom. The van der Waals surface area contributed by atoms with Crippen LogP contribution < -0.4 is 4.74 Å². The van der Waals surface area contributed by atoms with Gasteiger partial charge in [0, 0.05) is 17.1 Å². The molecule has 22 heavy (non-hydrogen) atoms. The second-order valence-electron chi connectivity index (χ2n) is 4.89. The van der Waals surface area contributed by atoms with E-state index in [1.807, 2.05) is 30.3 Å². The molecule has 0 radical (unpaired) electrons. The Kier molecular flexibility index (Phi) is 6.10. The highest BCUT2D eigenvalue weighted by Crippen LogP contribution is 2.17. The molecule has 0 N–H and O–H groups in total. The standard InChI is InChI=1S/C17H17Cl2NO2/c1-20(9-10-22-15-7-4-6-14(18)12-15)17(21)11-13-5-2-3-8-16(13)19/h2-8,12H,9-11H2,1H3. The van der Waals surface area contributed by atoms with Gasteiger partial charge in [-0.05, 0) is 29.8 Å². The fourth-order valence-electron chi connectivity index (χ4n) is 1.92. The van der Waals surface area contributed by atoms with Gasteiger partial charge in [0.05, 0.1) is 13.0 Å². The van der Waals surface area contributed by atoms with E-state index >= 15 is 0 Å². The summed E-state index contributed by atoms with van der Waals surface area (Å²) >= 11 is 11.9. The Bertz CT molecular complexity index is 646. The topological polar surface area (TPSA) is 29.5 Å². The molecule has 0 aromatic heterocycles. The normalized spacial score (nSPS) is 10.3. The van der Waals surface area contributed by atoms with E-state index in [-0.39, 0.29) is 12.3 Å². The van der Waals surface area contributed by atoms with Crippen LogP contribution in [-0.4, -0.2) is 31.0 Å². The third-order valence-electron chi connectivity index (χ3n) is 3.22. The van der Waals surface area contributed by atoms with Crippen LogP contribution in [0, 0.1) is 0 Å². The maximum Gasteiger partial charge on any atom is 0.226 e. The number of nitrogens with zero attached hydrogens (tertiary/aromatic N) is 1. The lowest BCUT2D eigenvalue weighted by Crippen LogP contribution is -2.32. The number of benzene rings is 2. The van der Waals surface area contributed by atoms with Gasteiger partial charge in [0.2, 0.25) is 5.91 Å². The van der Waals surface area contributed by atoms with E-state index in [4.69, 9.17) is 27.9 Å². The average Bonchev–Trinajstić information content (AvgIpc) is 2.49. The number of hydrogen-bond donors (Lipinski definition) is 0. The Hall–Kier alpha value is -1.71. The zero-order chi connectivity index (χ0) is 15.9.